The van der Waals surface area contributed by atoms with E-state index in [1.165, 1.54) is 18.2 Å². The molecule has 6 heteroatoms. The fourth-order valence-electron chi connectivity index (χ4n) is 2.86. The smallest absolute Gasteiger partial charge is 0.387 e. The zero-order valence-corrected chi connectivity index (χ0v) is 16.5. The second-order valence-corrected chi connectivity index (χ2v) is 6.83. The van der Waals surface area contributed by atoms with Gasteiger partial charge in [-0.2, -0.15) is 8.78 Å². The van der Waals surface area contributed by atoms with Crippen LogP contribution >= 0.6 is 0 Å². The second-order valence-electron chi connectivity index (χ2n) is 6.83. The average Bonchev–Trinajstić information content (AvgIpc) is 2.72. The van der Waals surface area contributed by atoms with Crippen LogP contribution in [0.5, 0.6) is 5.75 Å². The molecule has 0 radical (unpaired) electrons. The van der Waals surface area contributed by atoms with E-state index in [4.69, 9.17) is 4.74 Å². The number of carbonyl (C=O) groups excluding carboxylic acids is 2. The van der Waals surface area contributed by atoms with Gasteiger partial charge in [-0.15, -0.1) is 0 Å². The summed E-state index contributed by atoms with van der Waals surface area (Å²) in [5.41, 5.74) is 2.89. The van der Waals surface area contributed by atoms with E-state index in [1.54, 1.807) is 36.4 Å². The highest BCUT2D eigenvalue weighted by atomic mass is 19.3. The molecule has 0 fully saturated rings. The molecular formula is C24H20F2O4. The van der Waals surface area contributed by atoms with Crippen molar-refractivity contribution in [3.8, 4) is 5.75 Å². The summed E-state index contributed by atoms with van der Waals surface area (Å²) in [6.45, 7) is 0.793. The maximum atomic E-state index is 13.1. The van der Waals surface area contributed by atoms with Crippen LogP contribution in [0, 0.1) is 13.8 Å². The van der Waals surface area contributed by atoms with Crippen LogP contribution in [0.2, 0.25) is 0 Å². The molecule has 0 unspecified atom stereocenters. The Morgan fingerprint density at radius 3 is 2.00 bits per heavy atom. The molecule has 30 heavy (non-hydrogen) atoms. The number of halogens is 2. The Balaban J connectivity index is 1.90. The molecule has 154 valence electrons. The summed E-state index contributed by atoms with van der Waals surface area (Å²) in [5, 5.41) is 0. The van der Waals surface area contributed by atoms with Crippen molar-refractivity contribution < 1.29 is 27.8 Å². The molecule has 0 spiro atoms. The van der Waals surface area contributed by atoms with Crippen LogP contribution in [-0.2, 0) is 4.74 Å². The lowest BCUT2D eigenvalue weighted by atomic mass is 9.98. The van der Waals surface area contributed by atoms with Gasteiger partial charge >= 0.3 is 12.6 Å². The van der Waals surface area contributed by atoms with Crippen molar-refractivity contribution in [3.63, 3.8) is 0 Å². The molecule has 0 aliphatic rings. The van der Waals surface area contributed by atoms with E-state index in [-0.39, 0.29) is 17.1 Å². The number of ketones is 1. The van der Waals surface area contributed by atoms with Gasteiger partial charge in [-0.3, -0.25) is 4.79 Å². The fraction of sp³-hybridized carbons (Fsp3) is 0.167. The summed E-state index contributed by atoms with van der Waals surface area (Å²) < 4.78 is 34.8. The van der Waals surface area contributed by atoms with Crippen molar-refractivity contribution in [2.24, 2.45) is 0 Å². The van der Waals surface area contributed by atoms with Crippen LogP contribution in [0.3, 0.4) is 0 Å². The van der Waals surface area contributed by atoms with Crippen molar-refractivity contribution in [2.45, 2.75) is 26.6 Å². The minimum Gasteiger partial charge on any atom is -0.445 e. The van der Waals surface area contributed by atoms with Crippen LogP contribution in [0.1, 0.15) is 43.5 Å². The highest BCUT2D eigenvalue weighted by Gasteiger charge is 2.27. The number of hydrogen-bond donors (Lipinski definition) is 0. The van der Waals surface area contributed by atoms with Crippen molar-refractivity contribution in [1.82, 2.24) is 0 Å². The van der Waals surface area contributed by atoms with Crippen molar-refractivity contribution in [1.29, 1.82) is 0 Å². The van der Waals surface area contributed by atoms with Crippen LogP contribution < -0.4 is 4.74 Å². The zero-order valence-electron chi connectivity index (χ0n) is 16.5. The fourth-order valence-corrected chi connectivity index (χ4v) is 2.86. The first-order chi connectivity index (χ1) is 14.3. The van der Waals surface area contributed by atoms with Crippen LogP contribution in [0.4, 0.5) is 8.78 Å². The van der Waals surface area contributed by atoms with E-state index in [0.717, 1.165) is 17.2 Å². The number of esters is 1. The lowest BCUT2D eigenvalue weighted by Gasteiger charge is -2.18. The number of hydrogen-bond acceptors (Lipinski definition) is 4. The van der Waals surface area contributed by atoms with Gasteiger partial charge in [0.25, 0.3) is 0 Å². The molecular weight excluding hydrogens is 390 g/mol. The first-order valence-electron chi connectivity index (χ1n) is 9.27. The quantitative estimate of drug-likeness (QED) is 0.371. The molecule has 3 aromatic carbocycles. The Hall–Kier alpha value is -3.54. The third kappa shape index (κ3) is 5.29. The van der Waals surface area contributed by atoms with Gasteiger partial charge < -0.3 is 9.47 Å². The summed E-state index contributed by atoms with van der Waals surface area (Å²) in [7, 11) is 0. The van der Waals surface area contributed by atoms with Gasteiger partial charge in [0.1, 0.15) is 5.75 Å². The zero-order chi connectivity index (χ0) is 21.7. The molecule has 0 saturated heterocycles. The molecule has 0 aliphatic carbocycles. The van der Waals surface area contributed by atoms with E-state index < -0.39 is 18.7 Å². The van der Waals surface area contributed by atoms with Gasteiger partial charge in [0.2, 0.25) is 5.78 Å². The first-order valence-corrected chi connectivity index (χ1v) is 9.27. The third-order valence-corrected chi connectivity index (χ3v) is 4.47. The Kier molecular flexibility index (Phi) is 6.57. The van der Waals surface area contributed by atoms with Crippen LogP contribution in [0.15, 0.2) is 72.8 Å². The second kappa shape index (κ2) is 9.31. The van der Waals surface area contributed by atoms with Gasteiger partial charge in [-0.1, -0.05) is 65.7 Å². The van der Waals surface area contributed by atoms with E-state index in [0.29, 0.717) is 11.1 Å². The highest BCUT2D eigenvalue weighted by molar-refractivity contribution is 6.02. The molecule has 4 nitrogen and oxygen atoms in total. The summed E-state index contributed by atoms with van der Waals surface area (Å²) >= 11 is 0. The van der Waals surface area contributed by atoms with Gasteiger partial charge in [0, 0.05) is 11.1 Å². The molecule has 1 atom stereocenters. The minimum absolute atomic E-state index is 0.00182. The standard InChI is InChI=1S/C24H20F2O4/c1-15-6-10-17(11-7-15)21(27)22(18-12-8-16(2)9-13-18)30-23(28)19-4-3-5-20(14-19)29-24(25)26/h3-14,22,24H,1-2H3/t22-/m0/s1. The lowest BCUT2D eigenvalue weighted by Crippen LogP contribution is -2.20. The lowest BCUT2D eigenvalue weighted by molar-refractivity contribution is -0.0499. The average molecular weight is 410 g/mol. The van der Waals surface area contributed by atoms with E-state index in [9.17, 15) is 18.4 Å². The molecule has 0 aliphatic heterocycles. The summed E-state index contributed by atoms with van der Waals surface area (Å²) in [6.07, 6.45) is -1.18. The first kappa shape index (κ1) is 21.2. The Morgan fingerprint density at radius 2 is 1.40 bits per heavy atom. The normalized spacial score (nSPS) is 11.8. The summed E-state index contributed by atoms with van der Waals surface area (Å²) in [4.78, 5) is 25.8. The number of Topliss-reactive ketones (excluding diaryl/α,β-unsaturated/α-hetero) is 1. The largest absolute Gasteiger partial charge is 0.445 e. The van der Waals surface area contributed by atoms with E-state index in [1.807, 2.05) is 26.0 Å². The predicted octanol–water partition coefficient (Wildman–Crippen LogP) is 5.69. The molecule has 0 N–H and O–H groups in total. The molecule has 3 rings (SSSR count). The third-order valence-electron chi connectivity index (χ3n) is 4.47. The molecule has 0 aromatic heterocycles. The molecule has 0 amide bonds. The van der Waals surface area contributed by atoms with Gasteiger partial charge in [-0.25, -0.2) is 4.79 Å². The number of ether oxygens (including phenoxy) is 2. The topological polar surface area (TPSA) is 52.6 Å². The number of rotatable bonds is 7. The molecule has 3 aromatic rings. The summed E-state index contributed by atoms with van der Waals surface area (Å²) in [6, 6.07) is 19.3. The number of benzene rings is 3. The maximum Gasteiger partial charge on any atom is 0.387 e. The Labute approximate surface area is 173 Å². The molecule has 0 heterocycles. The van der Waals surface area contributed by atoms with Crippen LogP contribution in [0.25, 0.3) is 0 Å². The van der Waals surface area contributed by atoms with Crippen molar-refractivity contribution >= 4 is 11.8 Å². The van der Waals surface area contributed by atoms with Gasteiger partial charge in [0.15, 0.2) is 6.10 Å². The molecule has 0 saturated carbocycles. The van der Waals surface area contributed by atoms with Crippen molar-refractivity contribution in [2.75, 3.05) is 0 Å². The monoisotopic (exact) mass is 410 g/mol. The predicted molar refractivity (Wildman–Crippen MR) is 108 cm³/mol. The number of alkyl halides is 2. The SMILES string of the molecule is Cc1ccc(C(=O)[C@@H](OC(=O)c2cccc(OC(F)F)c2)c2ccc(C)cc2)cc1. The van der Waals surface area contributed by atoms with E-state index in [2.05, 4.69) is 4.74 Å². The van der Waals surface area contributed by atoms with Gasteiger partial charge in [-0.05, 0) is 32.0 Å². The van der Waals surface area contributed by atoms with Crippen molar-refractivity contribution in [3.05, 3.63) is 101 Å². The van der Waals surface area contributed by atoms with E-state index >= 15 is 0 Å². The highest BCUT2D eigenvalue weighted by Crippen LogP contribution is 2.26. The number of carbonyl (C=O) groups is 2. The maximum absolute atomic E-state index is 13.1. The summed E-state index contributed by atoms with van der Waals surface area (Å²) in [5.74, 6) is -1.37. The Morgan fingerprint density at radius 1 is 0.800 bits per heavy atom. The van der Waals surface area contributed by atoms with Crippen LogP contribution in [-0.4, -0.2) is 18.4 Å². The van der Waals surface area contributed by atoms with Gasteiger partial charge in [0.05, 0.1) is 5.56 Å². The molecule has 0 bridgehead atoms. The Bertz CT molecular complexity index is 1030. The minimum atomic E-state index is -3.01. The number of aryl methyl sites for hydroxylation is 2.